The first-order valence-corrected chi connectivity index (χ1v) is 6.88. The molecule has 0 aliphatic carbocycles. The van der Waals surface area contributed by atoms with E-state index in [9.17, 15) is 0 Å². The van der Waals surface area contributed by atoms with Crippen LogP contribution < -0.4 is 14.8 Å². The van der Waals surface area contributed by atoms with Gasteiger partial charge in [0.15, 0.2) is 0 Å². The maximum atomic E-state index is 5.77. The first-order chi connectivity index (χ1) is 9.86. The van der Waals surface area contributed by atoms with Crippen LogP contribution in [0.25, 0.3) is 0 Å². The first kappa shape index (κ1) is 12.9. The molecule has 2 aromatic rings. The molecule has 3 rings (SSSR count). The molecule has 1 aliphatic heterocycles. The topological polar surface area (TPSA) is 43.4 Å². The van der Waals surface area contributed by atoms with Gasteiger partial charge >= 0.3 is 0 Å². The van der Waals surface area contributed by atoms with Gasteiger partial charge in [-0.3, -0.25) is 4.98 Å². The molecule has 0 bridgehead atoms. The van der Waals surface area contributed by atoms with Crippen LogP contribution in [0, 0.1) is 0 Å². The third-order valence-electron chi connectivity index (χ3n) is 3.34. The lowest BCUT2D eigenvalue weighted by Gasteiger charge is -2.10. The van der Waals surface area contributed by atoms with Gasteiger partial charge in [0.1, 0.15) is 24.7 Å². The highest BCUT2D eigenvalue weighted by molar-refractivity contribution is 5.45. The van der Waals surface area contributed by atoms with Crippen LogP contribution in [0.1, 0.15) is 24.1 Å². The van der Waals surface area contributed by atoms with E-state index in [-0.39, 0.29) is 0 Å². The van der Waals surface area contributed by atoms with Gasteiger partial charge in [0.25, 0.3) is 0 Å². The molecule has 20 heavy (non-hydrogen) atoms. The van der Waals surface area contributed by atoms with Crippen molar-refractivity contribution in [1.82, 2.24) is 10.3 Å². The van der Waals surface area contributed by atoms with Crippen LogP contribution in [0.15, 0.2) is 42.7 Å². The van der Waals surface area contributed by atoms with Crippen LogP contribution in [0.2, 0.25) is 0 Å². The van der Waals surface area contributed by atoms with Crippen molar-refractivity contribution in [2.45, 2.75) is 19.6 Å². The average molecular weight is 270 g/mol. The molecule has 1 N–H and O–H groups in total. The Labute approximate surface area is 118 Å². The quantitative estimate of drug-likeness (QED) is 0.907. The van der Waals surface area contributed by atoms with Crippen molar-refractivity contribution in [2.24, 2.45) is 0 Å². The highest BCUT2D eigenvalue weighted by Gasteiger charge is 2.23. The van der Waals surface area contributed by atoms with Crippen molar-refractivity contribution in [3.05, 3.63) is 53.9 Å². The fraction of sp³-hybridized carbons (Fsp3) is 0.312. The number of pyridine rings is 1. The number of ether oxygens (including phenoxy) is 2. The van der Waals surface area contributed by atoms with Gasteiger partial charge in [-0.1, -0.05) is 13.0 Å². The monoisotopic (exact) mass is 270 g/mol. The Balaban J connectivity index is 1.68. The Hall–Kier alpha value is -2.07. The third-order valence-corrected chi connectivity index (χ3v) is 3.34. The molecular formula is C16H18N2O2. The largest absolute Gasteiger partial charge is 0.491 e. The van der Waals surface area contributed by atoms with Crippen molar-refractivity contribution >= 4 is 0 Å². The second-order valence-corrected chi connectivity index (χ2v) is 4.77. The summed E-state index contributed by atoms with van der Waals surface area (Å²) in [6.07, 6.45) is 3.57. The summed E-state index contributed by atoms with van der Waals surface area (Å²) in [5.74, 6) is 1.74. The maximum absolute atomic E-state index is 5.77. The molecule has 1 aromatic heterocycles. The molecule has 0 saturated heterocycles. The first-order valence-electron chi connectivity index (χ1n) is 6.88. The Morgan fingerprint density at radius 3 is 3.15 bits per heavy atom. The van der Waals surface area contributed by atoms with Crippen LogP contribution in [0.3, 0.4) is 0 Å². The van der Waals surface area contributed by atoms with E-state index in [4.69, 9.17) is 9.47 Å². The molecule has 2 heterocycles. The Bertz CT molecular complexity index is 572. The summed E-state index contributed by atoms with van der Waals surface area (Å²) in [5, 5.41) is 3.40. The lowest BCUT2D eigenvalue weighted by atomic mass is 10.1. The van der Waals surface area contributed by atoms with Crippen molar-refractivity contribution in [1.29, 1.82) is 0 Å². The van der Waals surface area contributed by atoms with Crippen molar-refractivity contribution < 1.29 is 9.47 Å². The third kappa shape index (κ3) is 2.75. The van der Waals surface area contributed by atoms with Crippen molar-refractivity contribution in [3.63, 3.8) is 0 Å². The highest BCUT2D eigenvalue weighted by atomic mass is 16.5. The number of hydrogen-bond donors (Lipinski definition) is 1. The van der Waals surface area contributed by atoms with Crippen LogP contribution >= 0.6 is 0 Å². The fourth-order valence-electron chi connectivity index (χ4n) is 2.35. The minimum absolute atomic E-state index is 0.294. The predicted molar refractivity (Wildman–Crippen MR) is 76.9 cm³/mol. The standard InChI is InChI=1S/C16H18N2O2/c1-2-18-15-11-20-16-8-13(5-6-14(15)16)19-10-12-4-3-7-17-9-12/h3-9,15,18H,2,10-11H2,1H3. The molecule has 0 amide bonds. The highest BCUT2D eigenvalue weighted by Crippen LogP contribution is 2.35. The molecule has 0 radical (unpaired) electrons. The summed E-state index contributed by atoms with van der Waals surface area (Å²) in [7, 11) is 0. The van der Waals surface area contributed by atoms with Gasteiger partial charge in [0, 0.05) is 29.6 Å². The molecule has 4 heteroatoms. The molecule has 0 spiro atoms. The Morgan fingerprint density at radius 2 is 2.35 bits per heavy atom. The van der Waals surface area contributed by atoms with Gasteiger partial charge in [-0.25, -0.2) is 0 Å². The molecule has 4 nitrogen and oxygen atoms in total. The summed E-state index contributed by atoms with van der Waals surface area (Å²) in [6.45, 7) is 4.24. The second-order valence-electron chi connectivity index (χ2n) is 4.77. The average Bonchev–Trinajstić information content (AvgIpc) is 2.89. The minimum atomic E-state index is 0.294. The zero-order valence-electron chi connectivity index (χ0n) is 11.5. The normalized spacial score (nSPS) is 16.6. The van der Waals surface area contributed by atoms with E-state index >= 15 is 0 Å². The lowest BCUT2D eigenvalue weighted by molar-refractivity contribution is 0.297. The van der Waals surface area contributed by atoms with Gasteiger partial charge < -0.3 is 14.8 Å². The summed E-state index contributed by atoms with van der Waals surface area (Å²) in [5.41, 5.74) is 2.26. The van der Waals surface area contributed by atoms with E-state index in [0.29, 0.717) is 19.3 Å². The number of hydrogen-bond acceptors (Lipinski definition) is 4. The van der Waals surface area contributed by atoms with E-state index in [0.717, 1.165) is 23.6 Å². The zero-order valence-corrected chi connectivity index (χ0v) is 11.5. The van der Waals surface area contributed by atoms with Crippen LogP contribution in [-0.2, 0) is 6.61 Å². The fourth-order valence-corrected chi connectivity index (χ4v) is 2.35. The van der Waals surface area contributed by atoms with Crippen LogP contribution in [0.5, 0.6) is 11.5 Å². The van der Waals surface area contributed by atoms with Gasteiger partial charge in [0.2, 0.25) is 0 Å². The number of likely N-dealkylation sites (N-methyl/N-ethyl adjacent to an activating group) is 1. The number of rotatable bonds is 5. The molecule has 1 aromatic carbocycles. The van der Waals surface area contributed by atoms with E-state index in [2.05, 4.69) is 23.3 Å². The Morgan fingerprint density at radius 1 is 1.40 bits per heavy atom. The number of benzene rings is 1. The number of nitrogens with zero attached hydrogens (tertiary/aromatic N) is 1. The molecule has 1 unspecified atom stereocenters. The lowest BCUT2D eigenvalue weighted by Crippen LogP contribution is -2.21. The van der Waals surface area contributed by atoms with E-state index < -0.39 is 0 Å². The van der Waals surface area contributed by atoms with E-state index in [1.165, 1.54) is 5.56 Å². The zero-order chi connectivity index (χ0) is 13.8. The van der Waals surface area contributed by atoms with E-state index in [1.807, 2.05) is 30.5 Å². The summed E-state index contributed by atoms with van der Waals surface area (Å²) in [4.78, 5) is 4.07. The Kier molecular flexibility index (Phi) is 3.83. The second kappa shape index (κ2) is 5.92. The smallest absolute Gasteiger partial charge is 0.128 e. The number of fused-ring (bicyclic) bond motifs is 1. The van der Waals surface area contributed by atoms with Crippen LogP contribution in [-0.4, -0.2) is 18.1 Å². The molecule has 0 saturated carbocycles. The van der Waals surface area contributed by atoms with E-state index in [1.54, 1.807) is 6.20 Å². The molecule has 104 valence electrons. The van der Waals surface area contributed by atoms with Gasteiger partial charge in [-0.2, -0.15) is 0 Å². The van der Waals surface area contributed by atoms with Crippen molar-refractivity contribution in [2.75, 3.05) is 13.2 Å². The maximum Gasteiger partial charge on any atom is 0.128 e. The van der Waals surface area contributed by atoms with Crippen molar-refractivity contribution in [3.8, 4) is 11.5 Å². The number of nitrogens with one attached hydrogen (secondary N) is 1. The summed E-state index contributed by atoms with van der Waals surface area (Å²) < 4.78 is 11.5. The summed E-state index contributed by atoms with van der Waals surface area (Å²) in [6, 6.07) is 10.2. The summed E-state index contributed by atoms with van der Waals surface area (Å²) >= 11 is 0. The SMILES string of the molecule is CCNC1COc2cc(OCc3cccnc3)ccc21. The van der Waals surface area contributed by atoms with Gasteiger partial charge in [-0.05, 0) is 24.7 Å². The molecule has 0 fully saturated rings. The number of aromatic nitrogens is 1. The minimum Gasteiger partial charge on any atom is -0.491 e. The van der Waals surface area contributed by atoms with Gasteiger partial charge in [0.05, 0.1) is 6.04 Å². The van der Waals surface area contributed by atoms with Gasteiger partial charge in [-0.15, -0.1) is 0 Å². The molecular weight excluding hydrogens is 252 g/mol. The van der Waals surface area contributed by atoms with Crippen LogP contribution in [0.4, 0.5) is 0 Å². The molecule has 1 atom stereocenters. The molecule has 1 aliphatic rings. The predicted octanol–water partition coefficient (Wildman–Crippen LogP) is 2.70.